The summed E-state index contributed by atoms with van der Waals surface area (Å²) in [6.07, 6.45) is 0. The summed E-state index contributed by atoms with van der Waals surface area (Å²) in [5.41, 5.74) is 16.3. The van der Waals surface area contributed by atoms with E-state index in [1.54, 1.807) is 0 Å². The molecule has 0 N–H and O–H groups in total. The first-order valence-electron chi connectivity index (χ1n) is 19.8. The third kappa shape index (κ3) is 5.48. The zero-order valence-corrected chi connectivity index (χ0v) is 32.1. The fourth-order valence-electron chi connectivity index (χ4n) is 8.90. The Balaban J connectivity index is 1.23. The van der Waals surface area contributed by atoms with Crippen LogP contribution in [0.15, 0.2) is 188 Å². The van der Waals surface area contributed by atoms with Gasteiger partial charge in [-0.3, -0.25) is 0 Å². The molecule has 0 spiro atoms. The molecule has 0 saturated carbocycles. The number of nitrogens with zero attached hydrogens (tertiary/aromatic N) is 3. The van der Waals surface area contributed by atoms with Crippen molar-refractivity contribution in [1.82, 2.24) is 15.0 Å². The monoisotopic (exact) mass is 743 g/mol. The Morgan fingerprint density at radius 2 is 0.776 bits per heavy atom. The van der Waals surface area contributed by atoms with Crippen molar-refractivity contribution < 1.29 is 4.74 Å². The maximum absolute atomic E-state index is 7.26. The van der Waals surface area contributed by atoms with Crippen LogP contribution in [0, 0.1) is 0 Å². The molecule has 58 heavy (non-hydrogen) atoms. The minimum absolute atomic E-state index is 0.216. The summed E-state index contributed by atoms with van der Waals surface area (Å²) in [4.78, 5) is 15.3. The Bertz CT molecular complexity index is 3000. The van der Waals surface area contributed by atoms with Crippen molar-refractivity contribution in [2.24, 2.45) is 0 Å². The fourth-order valence-corrected chi connectivity index (χ4v) is 8.90. The lowest BCUT2D eigenvalue weighted by molar-refractivity contribution is 0.484. The van der Waals surface area contributed by atoms with Crippen molar-refractivity contribution in [2.45, 2.75) is 19.3 Å². The van der Waals surface area contributed by atoms with Crippen LogP contribution in [0.25, 0.3) is 89.8 Å². The minimum Gasteiger partial charge on any atom is -0.456 e. The molecule has 2 aliphatic rings. The number of benzene rings is 8. The van der Waals surface area contributed by atoms with Crippen LogP contribution in [0.2, 0.25) is 0 Å². The molecule has 2 heterocycles. The molecular weight excluding hydrogens is 707 g/mol. The van der Waals surface area contributed by atoms with Gasteiger partial charge in [0.15, 0.2) is 17.5 Å². The van der Waals surface area contributed by atoms with E-state index < -0.39 is 0 Å². The smallest absolute Gasteiger partial charge is 0.164 e. The average Bonchev–Trinajstić information content (AvgIpc) is 3.50. The zero-order valence-electron chi connectivity index (χ0n) is 32.1. The van der Waals surface area contributed by atoms with Crippen molar-refractivity contribution in [2.75, 3.05) is 0 Å². The predicted octanol–water partition coefficient (Wildman–Crippen LogP) is 14.0. The van der Waals surface area contributed by atoms with Crippen LogP contribution in [0.5, 0.6) is 11.5 Å². The van der Waals surface area contributed by atoms with Crippen molar-refractivity contribution in [1.29, 1.82) is 0 Å². The molecule has 9 aromatic rings. The predicted molar refractivity (Wildman–Crippen MR) is 236 cm³/mol. The van der Waals surface area contributed by atoms with E-state index in [-0.39, 0.29) is 5.41 Å². The van der Waals surface area contributed by atoms with E-state index in [9.17, 15) is 0 Å². The van der Waals surface area contributed by atoms with Gasteiger partial charge in [0.1, 0.15) is 11.5 Å². The van der Waals surface area contributed by atoms with Gasteiger partial charge in [0.25, 0.3) is 0 Å². The third-order valence-electron chi connectivity index (χ3n) is 11.8. The fraction of sp³-hybridized carbons (Fsp3) is 0.0556. The van der Waals surface area contributed by atoms with Crippen LogP contribution < -0.4 is 4.74 Å². The second-order valence-corrected chi connectivity index (χ2v) is 15.6. The normalized spacial score (nSPS) is 12.9. The van der Waals surface area contributed by atoms with E-state index in [2.05, 4.69) is 141 Å². The molecule has 4 heteroatoms. The lowest BCUT2D eigenvalue weighted by Gasteiger charge is -2.24. The van der Waals surface area contributed by atoms with E-state index in [1.807, 2.05) is 60.7 Å². The molecule has 1 aliphatic heterocycles. The van der Waals surface area contributed by atoms with Gasteiger partial charge in [0.2, 0.25) is 0 Å². The first-order valence-corrected chi connectivity index (χ1v) is 19.8. The van der Waals surface area contributed by atoms with E-state index in [1.165, 1.54) is 22.3 Å². The number of aromatic nitrogens is 3. The molecule has 11 rings (SSSR count). The summed E-state index contributed by atoms with van der Waals surface area (Å²) < 4.78 is 7.26. The highest BCUT2D eigenvalue weighted by Gasteiger charge is 2.37. The van der Waals surface area contributed by atoms with Crippen molar-refractivity contribution >= 4 is 0 Å². The summed E-state index contributed by atoms with van der Waals surface area (Å²) in [6.45, 7) is 4.63. The van der Waals surface area contributed by atoms with Gasteiger partial charge in [0, 0.05) is 33.2 Å². The number of ether oxygens (including phenoxy) is 1. The Morgan fingerprint density at radius 3 is 1.38 bits per heavy atom. The summed E-state index contributed by atoms with van der Waals surface area (Å²) in [6, 6.07) is 66.2. The van der Waals surface area contributed by atoms with Gasteiger partial charge in [-0.05, 0) is 79.9 Å². The van der Waals surface area contributed by atoms with Gasteiger partial charge in [-0.25, -0.2) is 15.0 Å². The molecule has 0 bridgehead atoms. The summed E-state index contributed by atoms with van der Waals surface area (Å²) in [7, 11) is 0. The summed E-state index contributed by atoms with van der Waals surface area (Å²) in [5, 5.41) is 0. The molecule has 1 aromatic heterocycles. The molecule has 0 amide bonds. The lowest BCUT2D eigenvalue weighted by atomic mass is 9.81. The van der Waals surface area contributed by atoms with Gasteiger partial charge >= 0.3 is 0 Å². The Morgan fingerprint density at radius 1 is 0.310 bits per heavy atom. The van der Waals surface area contributed by atoms with Gasteiger partial charge in [-0.15, -0.1) is 0 Å². The molecule has 4 nitrogen and oxygen atoms in total. The SMILES string of the molecule is CC1(C)c2ccccc2-c2cc3c(cc21)Oc1ccccc1-c1ccccc1-c1ccccc1-c1ccc(-c2nc(-c4ccccc4)nc(-c4ccccc4)n2)cc1-3. The third-order valence-corrected chi connectivity index (χ3v) is 11.8. The van der Waals surface area contributed by atoms with Crippen LogP contribution in [-0.2, 0) is 5.41 Å². The number of para-hydroxylation sites is 1. The number of hydrogen-bond donors (Lipinski definition) is 0. The van der Waals surface area contributed by atoms with Crippen LogP contribution in [0.3, 0.4) is 0 Å². The van der Waals surface area contributed by atoms with Crippen LogP contribution in [0.1, 0.15) is 25.0 Å². The first kappa shape index (κ1) is 33.9. The van der Waals surface area contributed by atoms with Gasteiger partial charge in [-0.1, -0.05) is 178 Å². The average molecular weight is 744 g/mol. The highest BCUT2D eigenvalue weighted by atomic mass is 16.5. The zero-order chi connectivity index (χ0) is 38.8. The number of rotatable bonds is 3. The van der Waals surface area contributed by atoms with Crippen LogP contribution in [0.4, 0.5) is 0 Å². The van der Waals surface area contributed by atoms with E-state index in [0.717, 1.165) is 72.7 Å². The Labute approximate surface area is 338 Å². The second-order valence-electron chi connectivity index (χ2n) is 15.6. The molecule has 1 aliphatic carbocycles. The first-order chi connectivity index (χ1) is 28.5. The molecule has 0 fully saturated rings. The molecule has 0 unspecified atom stereocenters. The highest BCUT2D eigenvalue weighted by molar-refractivity contribution is 6.00. The summed E-state index contributed by atoms with van der Waals surface area (Å²) >= 11 is 0. The molecule has 0 atom stereocenters. The van der Waals surface area contributed by atoms with Gasteiger partial charge < -0.3 is 4.74 Å². The topological polar surface area (TPSA) is 47.9 Å². The number of fused-ring (bicyclic) bond motifs is 12. The minimum atomic E-state index is -0.216. The Hall–Kier alpha value is -7.43. The van der Waals surface area contributed by atoms with E-state index in [4.69, 9.17) is 19.7 Å². The molecule has 0 radical (unpaired) electrons. The largest absolute Gasteiger partial charge is 0.456 e. The quantitative estimate of drug-likeness (QED) is 0.181. The second kappa shape index (κ2) is 13.4. The maximum Gasteiger partial charge on any atom is 0.164 e. The molecule has 0 saturated heterocycles. The van der Waals surface area contributed by atoms with Gasteiger partial charge in [0.05, 0.1) is 0 Å². The van der Waals surface area contributed by atoms with E-state index >= 15 is 0 Å². The summed E-state index contributed by atoms with van der Waals surface area (Å²) in [5.74, 6) is 3.45. The molecule has 274 valence electrons. The van der Waals surface area contributed by atoms with Crippen molar-refractivity contribution in [3.05, 3.63) is 199 Å². The standard InChI is InChI=1S/C54H37N3O/c1-54(2)47-27-15-13-25-42(47)45-32-46-44-31-36(53-56-51(34-17-5-3-6-18-34)55-52(57-53)35-19-7-4-8-20-35)29-30-41(44)39-23-10-9-21-37(39)38-22-11-12-24-40(38)43-26-14-16-28-49(43)58-50(46)33-48(45)54/h3-33H,1-2H3. The van der Waals surface area contributed by atoms with Crippen LogP contribution in [-0.4, -0.2) is 15.0 Å². The molecular formula is C54H37N3O. The lowest BCUT2D eigenvalue weighted by Crippen LogP contribution is -2.15. The Kier molecular flexibility index (Phi) is 7.80. The van der Waals surface area contributed by atoms with Crippen molar-refractivity contribution in [3.63, 3.8) is 0 Å². The molecule has 8 aromatic carbocycles. The van der Waals surface area contributed by atoms with Crippen molar-refractivity contribution in [3.8, 4) is 101 Å². The van der Waals surface area contributed by atoms with E-state index in [0.29, 0.717) is 17.5 Å². The highest BCUT2D eigenvalue weighted by Crippen LogP contribution is 2.55. The van der Waals surface area contributed by atoms with Gasteiger partial charge in [-0.2, -0.15) is 0 Å². The number of hydrogen-bond acceptors (Lipinski definition) is 4. The van der Waals surface area contributed by atoms with Crippen LogP contribution >= 0.6 is 0 Å². The maximum atomic E-state index is 7.26.